The number of thiophene rings is 1. The second-order valence-corrected chi connectivity index (χ2v) is 7.43. The van der Waals surface area contributed by atoms with Crippen LogP contribution in [-0.4, -0.2) is 18.5 Å². The lowest BCUT2D eigenvalue weighted by Crippen LogP contribution is -2.28. The van der Waals surface area contributed by atoms with Crippen molar-refractivity contribution in [2.75, 3.05) is 11.9 Å². The Hall–Kier alpha value is -1.85. The van der Waals surface area contributed by atoms with E-state index in [2.05, 4.69) is 5.32 Å². The second kappa shape index (κ2) is 8.02. The zero-order chi connectivity index (χ0) is 17.8. The molecule has 0 bridgehead atoms. The number of esters is 1. The number of rotatable bonds is 6. The van der Waals surface area contributed by atoms with Crippen molar-refractivity contribution in [3.05, 3.63) is 40.2 Å². The topological polar surface area (TPSA) is 55.4 Å². The van der Waals surface area contributed by atoms with E-state index < -0.39 is 5.97 Å². The van der Waals surface area contributed by atoms with Gasteiger partial charge in [-0.3, -0.25) is 4.79 Å². The van der Waals surface area contributed by atoms with Crippen molar-refractivity contribution >= 4 is 39.8 Å². The van der Waals surface area contributed by atoms with E-state index in [0.29, 0.717) is 22.2 Å². The third-order valence-corrected chi connectivity index (χ3v) is 5.45. The highest BCUT2D eigenvalue weighted by Gasteiger charge is 2.28. The Labute approximate surface area is 156 Å². The molecule has 3 rings (SSSR count). The molecule has 0 unspecified atom stereocenters. The molecular weight excluding hydrogens is 358 g/mol. The number of anilines is 1. The molecule has 4 nitrogen and oxygen atoms in total. The molecule has 6 heteroatoms. The van der Waals surface area contributed by atoms with Crippen molar-refractivity contribution in [2.24, 2.45) is 5.92 Å². The van der Waals surface area contributed by atoms with Crippen LogP contribution in [0.3, 0.4) is 0 Å². The van der Waals surface area contributed by atoms with Crippen molar-refractivity contribution < 1.29 is 14.3 Å². The SMILES string of the molecule is CCCOC(=O)c1c(-c2ccc(Cl)cc2)csc1NC(=O)C1CCC1. The average Bonchev–Trinajstić information content (AvgIpc) is 2.95. The molecule has 0 atom stereocenters. The van der Waals surface area contributed by atoms with E-state index >= 15 is 0 Å². The first kappa shape index (κ1) is 18.0. The number of benzene rings is 1. The van der Waals surface area contributed by atoms with Crippen LogP contribution in [0, 0.1) is 5.92 Å². The van der Waals surface area contributed by atoms with E-state index in [1.165, 1.54) is 11.3 Å². The first-order valence-corrected chi connectivity index (χ1v) is 9.71. The Bertz CT molecular complexity index is 765. The van der Waals surface area contributed by atoms with Crippen LogP contribution in [0.4, 0.5) is 5.00 Å². The summed E-state index contributed by atoms with van der Waals surface area (Å²) in [4.78, 5) is 24.9. The predicted octanol–water partition coefficient (Wildman–Crippen LogP) is 5.37. The number of ether oxygens (including phenoxy) is 1. The lowest BCUT2D eigenvalue weighted by molar-refractivity contribution is -0.122. The molecule has 25 heavy (non-hydrogen) atoms. The van der Waals surface area contributed by atoms with Gasteiger partial charge in [-0.15, -0.1) is 11.3 Å². The fourth-order valence-corrected chi connectivity index (χ4v) is 3.73. The van der Waals surface area contributed by atoms with E-state index in [1.54, 1.807) is 12.1 Å². The largest absolute Gasteiger partial charge is 0.462 e. The van der Waals surface area contributed by atoms with Crippen LogP contribution < -0.4 is 5.32 Å². The van der Waals surface area contributed by atoms with Crippen molar-refractivity contribution in [1.82, 2.24) is 0 Å². The molecule has 1 aromatic carbocycles. The molecule has 0 radical (unpaired) electrons. The Balaban J connectivity index is 1.92. The van der Waals surface area contributed by atoms with Crippen LogP contribution in [-0.2, 0) is 9.53 Å². The maximum atomic E-state index is 12.6. The van der Waals surface area contributed by atoms with Gasteiger partial charge in [0.25, 0.3) is 0 Å². The molecule has 1 aromatic heterocycles. The van der Waals surface area contributed by atoms with E-state index in [1.807, 2.05) is 24.4 Å². The molecule has 1 fully saturated rings. The van der Waals surface area contributed by atoms with Crippen LogP contribution in [0.2, 0.25) is 5.02 Å². The number of carbonyl (C=O) groups excluding carboxylic acids is 2. The summed E-state index contributed by atoms with van der Waals surface area (Å²) in [5.74, 6) is -0.363. The quantitative estimate of drug-likeness (QED) is 0.688. The van der Waals surface area contributed by atoms with Crippen LogP contribution in [0.25, 0.3) is 11.1 Å². The number of amides is 1. The number of hydrogen-bond donors (Lipinski definition) is 1. The minimum Gasteiger partial charge on any atom is -0.462 e. The Morgan fingerprint density at radius 1 is 1.28 bits per heavy atom. The van der Waals surface area contributed by atoms with Gasteiger partial charge >= 0.3 is 5.97 Å². The highest BCUT2D eigenvalue weighted by Crippen LogP contribution is 2.38. The van der Waals surface area contributed by atoms with Gasteiger partial charge in [0, 0.05) is 21.9 Å². The van der Waals surface area contributed by atoms with Crippen LogP contribution in [0.5, 0.6) is 0 Å². The molecule has 1 aliphatic carbocycles. The molecule has 132 valence electrons. The van der Waals surface area contributed by atoms with Gasteiger partial charge in [-0.25, -0.2) is 4.79 Å². The first-order valence-electron chi connectivity index (χ1n) is 8.45. The monoisotopic (exact) mass is 377 g/mol. The maximum Gasteiger partial charge on any atom is 0.341 e. The summed E-state index contributed by atoms with van der Waals surface area (Å²) >= 11 is 7.31. The third kappa shape index (κ3) is 4.05. The summed E-state index contributed by atoms with van der Waals surface area (Å²) < 4.78 is 5.33. The maximum absolute atomic E-state index is 12.6. The lowest BCUT2D eigenvalue weighted by Gasteiger charge is -2.23. The Kier molecular flexibility index (Phi) is 5.76. The predicted molar refractivity (Wildman–Crippen MR) is 101 cm³/mol. The standard InChI is InChI=1S/C19H20ClNO3S/c1-2-10-24-19(23)16-15(12-6-8-14(20)9-7-12)11-25-18(16)21-17(22)13-4-3-5-13/h6-9,11,13H,2-5,10H2,1H3,(H,21,22). The van der Waals surface area contributed by atoms with Gasteiger partial charge in [-0.05, 0) is 37.0 Å². The number of nitrogens with one attached hydrogen (secondary N) is 1. The molecule has 0 aliphatic heterocycles. The molecule has 0 spiro atoms. The van der Waals surface area contributed by atoms with Gasteiger partial charge in [-0.1, -0.05) is 37.1 Å². The van der Waals surface area contributed by atoms with Crippen LogP contribution in [0.15, 0.2) is 29.6 Å². The summed E-state index contributed by atoms with van der Waals surface area (Å²) in [7, 11) is 0. The molecule has 1 aliphatic rings. The van der Waals surface area contributed by atoms with Gasteiger partial charge in [0.2, 0.25) is 5.91 Å². The third-order valence-electron chi connectivity index (χ3n) is 4.30. The molecular formula is C19H20ClNO3S. The summed E-state index contributed by atoms with van der Waals surface area (Å²) in [6.07, 6.45) is 3.66. The lowest BCUT2D eigenvalue weighted by atomic mass is 9.85. The fraction of sp³-hybridized carbons (Fsp3) is 0.368. The van der Waals surface area contributed by atoms with Gasteiger partial charge in [0.15, 0.2) is 0 Å². The smallest absolute Gasteiger partial charge is 0.341 e. The number of carbonyl (C=O) groups is 2. The zero-order valence-electron chi connectivity index (χ0n) is 14.0. The highest BCUT2D eigenvalue weighted by molar-refractivity contribution is 7.15. The number of halogens is 1. The molecule has 1 saturated carbocycles. The fourth-order valence-electron chi connectivity index (χ4n) is 2.65. The van der Waals surface area contributed by atoms with Crippen LogP contribution >= 0.6 is 22.9 Å². The van der Waals surface area contributed by atoms with Crippen molar-refractivity contribution in [3.8, 4) is 11.1 Å². The molecule has 2 aromatic rings. The summed E-state index contributed by atoms with van der Waals surface area (Å²) in [6, 6.07) is 7.28. The molecule has 1 heterocycles. The average molecular weight is 378 g/mol. The minimum absolute atomic E-state index is 0.0136. The molecule has 1 amide bonds. The molecule has 0 saturated heterocycles. The van der Waals surface area contributed by atoms with Crippen molar-refractivity contribution in [2.45, 2.75) is 32.6 Å². The minimum atomic E-state index is -0.406. The van der Waals surface area contributed by atoms with E-state index in [9.17, 15) is 9.59 Å². The van der Waals surface area contributed by atoms with Gasteiger partial charge in [0.1, 0.15) is 10.6 Å². The van der Waals surface area contributed by atoms with E-state index in [0.717, 1.165) is 36.8 Å². The highest BCUT2D eigenvalue weighted by atomic mass is 35.5. The van der Waals surface area contributed by atoms with Gasteiger partial charge in [-0.2, -0.15) is 0 Å². The van der Waals surface area contributed by atoms with Gasteiger partial charge in [0.05, 0.1) is 6.61 Å². The van der Waals surface area contributed by atoms with Crippen molar-refractivity contribution in [3.63, 3.8) is 0 Å². The van der Waals surface area contributed by atoms with E-state index in [-0.39, 0.29) is 11.8 Å². The van der Waals surface area contributed by atoms with Crippen LogP contribution in [0.1, 0.15) is 43.0 Å². The van der Waals surface area contributed by atoms with Crippen molar-refractivity contribution in [1.29, 1.82) is 0 Å². The summed E-state index contributed by atoms with van der Waals surface area (Å²) in [5, 5.41) is 5.99. The normalized spacial score (nSPS) is 14.0. The van der Waals surface area contributed by atoms with Gasteiger partial charge < -0.3 is 10.1 Å². The molecule has 1 N–H and O–H groups in total. The zero-order valence-corrected chi connectivity index (χ0v) is 15.6. The number of hydrogen-bond acceptors (Lipinski definition) is 4. The second-order valence-electron chi connectivity index (χ2n) is 6.11. The van der Waals surface area contributed by atoms with E-state index in [4.69, 9.17) is 16.3 Å². The summed E-state index contributed by atoms with van der Waals surface area (Å²) in [6.45, 7) is 2.30. The Morgan fingerprint density at radius 2 is 2.00 bits per heavy atom. The summed E-state index contributed by atoms with van der Waals surface area (Å²) in [5.41, 5.74) is 2.05. The first-order chi connectivity index (χ1) is 12.1. The Morgan fingerprint density at radius 3 is 2.60 bits per heavy atom.